The highest BCUT2D eigenvalue weighted by Crippen LogP contribution is 2.65. The van der Waals surface area contributed by atoms with E-state index < -0.39 is 90.2 Å². The number of alkyl halides is 2. The van der Waals surface area contributed by atoms with E-state index in [2.05, 4.69) is 0 Å². The van der Waals surface area contributed by atoms with Crippen molar-refractivity contribution in [3.8, 4) is 0 Å². The molecule has 1 aromatic carbocycles. The summed E-state index contributed by atoms with van der Waals surface area (Å²) >= 11 is 0. The van der Waals surface area contributed by atoms with Gasteiger partial charge in [-0.2, -0.15) is 0 Å². The topological polar surface area (TPSA) is 129 Å². The van der Waals surface area contributed by atoms with Crippen LogP contribution in [0.1, 0.15) is 72.2 Å². The lowest BCUT2D eigenvalue weighted by molar-refractivity contribution is -0.349. The van der Waals surface area contributed by atoms with Gasteiger partial charge in [-0.15, -0.1) is 0 Å². The zero-order chi connectivity index (χ0) is 35.0. The molecule has 9 nitrogen and oxygen atoms in total. The number of ketones is 1. The largest absolute Gasteiger partial charge is 0.455 e. The highest BCUT2D eigenvalue weighted by molar-refractivity contribution is 6.73. The SMILES string of the molecule is CC[Si](CC)(CC)O[C@H]1C[C@H]2OC[C@@]2(OC(C)=O)[C@H]2[C@H](OC(=O)c3ccccc3)[C@]3(O)[C@@H](F)[C@H](O)[C@@](C)(F)/C(=C/C(=O)[C@]12C)C3(C)C. The molecule has 47 heavy (non-hydrogen) atoms. The molecular formula is C35H48F2O9Si. The van der Waals surface area contributed by atoms with Gasteiger partial charge in [0, 0.05) is 18.8 Å². The number of halogens is 2. The number of aliphatic hydroxyl groups is 2. The van der Waals surface area contributed by atoms with Crippen LogP contribution in [0, 0.1) is 16.7 Å². The number of hydrogen-bond donors (Lipinski definition) is 2. The molecular weight excluding hydrogens is 630 g/mol. The number of carbonyl (C=O) groups excluding carboxylic acids is 3. The van der Waals surface area contributed by atoms with Crippen molar-refractivity contribution in [3.63, 3.8) is 0 Å². The summed E-state index contributed by atoms with van der Waals surface area (Å²) in [5.41, 5.74) is -11.2. The lowest BCUT2D eigenvalue weighted by Crippen LogP contribution is -2.83. The van der Waals surface area contributed by atoms with Crippen LogP contribution in [0.4, 0.5) is 8.78 Å². The van der Waals surface area contributed by atoms with Crippen molar-refractivity contribution in [2.45, 2.75) is 127 Å². The van der Waals surface area contributed by atoms with Crippen LogP contribution < -0.4 is 0 Å². The van der Waals surface area contributed by atoms with Gasteiger partial charge in [0.05, 0.1) is 29.6 Å². The fraction of sp³-hybridized carbons (Fsp3) is 0.686. The number of carbonyl (C=O) groups is 3. The maximum absolute atomic E-state index is 17.0. The van der Waals surface area contributed by atoms with Crippen LogP contribution in [0.25, 0.3) is 0 Å². The predicted octanol–water partition coefficient (Wildman–Crippen LogP) is 5.04. The molecule has 10 atom stereocenters. The molecule has 12 heteroatoms. The van der Waals surface area contributed by atoms with Crippen molar-refractivity contribution in [1.29, 1.82) is 0 Å². The molecule has 0 unspecified atom stereocenters. The van der Waals surface area contributed by atoms with Gasteiger partial charge in [-0.25, -0.2) is 13.6 Å². The molecule has 1 aliphatic heterocycles. The lowest BCUT2D eigenvalue weighted by Gasteiger charge is -2.68. The predicted molar refractivity (Wildman–Crippen MR) is 170 cm³/mol. The molecule has 1 aromatic rings. The summed E-state index contributed by atoms with van der Waals surface area (Å²) in [4.78, 5) is 41.7. The minimum atomic E-state index is -2.83. The van der Waals surface area contributed by atoms with E-state index in [4.69, 9.17) is 18.6 Å². The van der Waals surface area contributed by atoms with E-state index in [1.165, 1.54) is 32.9 Å². The number of rotatable bonds is 8. The molecule has 2 saturated carbocycles. The Balaban J connectivity index is 1.87. The first-order chi connectivity index (χ1) is 21.8. The van der Waals surface area contributed by atoms with Gasteiger partial charge in [0.25, 0.3) is 0 Å². The average molecular weight is 679 g/mol. The normalized spacial score (nSPS) is 42.0. The maximum Gasteiger partial charge on any atom is 0.338 e. The Labute approximate surface area is 276 Å². The number of ether oxygens (including phenoxy) is 3. The summed E-state index contributed by atoms with van der Waals surface area (Å²) in [6.07, 6.45) is -7.70. The number of aliphatic hydroxyl groups excluding tert-OH is 1. The van der Waals surface area contributed by atoms with Crippen LogP contribution >= 0.6 is 0 Å². The molecule has 0 spiro atoms. The second-order valence-electron chi connectivity index (χ2n) is 14.7. The van der Waals surface area contributed by atoms with Crippen molar-refractivity contribution >= 4 is 26.0 Å². The van der Waals surface area contributed by atoms with Crippen molar-refractivity contribution in [1.82, 2.24) is 0 Å². The van der Waals surface area contributed by atoms with Gasteiger partial charge in [0.2, 0.25) is 0 Å². The summed E-state index contributed by atoms with van der Waals surface area (Å²) in [6.45, 7) is 12.3. The second-order valence-corrected chi connectivity index (χ2v) is 19.4. The Morgan fingerprint density at radius 2 is 1.66 bits per heavy atom. The van der Waals surface area contributed by atoms with Crippen LogP contribution in [-0.4, -0.2) is 90.3 Å². The number of esters is 2. The van der Waals surface area contributed by atoms with Gasteiger partial charge in [-0.3, -0.25) is 9.59 Å². The van der Waals surface area contributed by atoms with Crippen molar-refractivity contribution < 1.29 is 52.0 Å². The number of hydrogen-bond acceptors (Lipinski definition) is 9. The zero-order valence-electron chi connectivity index (χ0n) is 28.5. The summed E-state index contributed by atoms with van der Waals surface area (Å²) in [5.74, 6) is -3.74. The first kappa shape index (κ1) is 35.8. The van der Waals surface area contributed by atoms with Crippen molar-refractivity contribution in [3.05, 3.63) is 47.5 Å². The van der Waals surface area contributed by atoms with E-state index in [1.54, 1.807) is 25.1 Å². The van der Waals surface area contributed by atoms with Gasteiger partial charge < -0.3 is 28.8 Å². The van der Waals surface area contributed by atoms with Gasteiger partial charge in [-0.1, -0.05) is 52.8 Å². The first-order valence-electron chi connectivity index (χ1n) is 16.6. The van der Waals surface area contributed by atoms with Crippen LogP contribution in [-0.2, 0) is 28.2 Å². The van der Waals surface area contributed by atoms with Gasteiger partial charge in [-0.05, 0) is 55.8 Å². The molecule has 4 aliphatic rings. The molecule has 0 amide bonds. The Hall–Kier alpha value is -2.51. The number of benzene rings is 1. The summed E-state index contributed by atoms with van der Waals surface area (Å²) < 4.78 is 58.9. The molecule has 260 valence electrons. The second kappa shape index (κ2) is 11.8. The van der Waals surface area contributed by atoms with Crippen LogP contribution in [0.5, 0.6) is 0 Å². The van der Waals surface area contributed by atoms with E-state index in [1.807, 2.05) is 20.8 Å². The molecule has 5 rings (SSSR count). The van der Waals surface area contributed by atoms with Crippen LogP contribution in [0.15, 0.2) is 42.0 Å². The monoisotopic (exact) mass is 678 g/mol. The van der Waals surface area contributed by atoms with E-state index in [9.17, 15) is 24.6 Å². The summed E-state index contributed by atoms with van der Waals surface area (Å²) in [5, 5.41) is 24.0. The van der Waals surface area contributed by atoms with Gasteiger partial charge in [0.15, 0.2) is 31.5 Å². The van der Waals surface area contributed by atoms with Crippen molar-refractivity contribution in [2.24, 2.45) is 16.7 Å². The minimum absolute atomic E-state index is 0.0720. The molecule has 3 aliphatic carbocycles. The van der Waals surface area contributed by atoms with E-state index >= 15 is 8.78 Å². The van der Waals surface area contributed by atoms with Crippen LogP contribution in [0.2, 0.25) is 18.1 Å². The molecule has 1 saturated heterocycles. The molecule has 0 radical (unpaired) electrons. The average Bonchev–Trinajstić information content (AvgIpc) is 3.03. The van der Waals surface area contributed by atoms with E-state index in [0.29, 0.717) is 0 Å². The zero-order valence-corrected chi connectivity index (χ0v) is 29.5. The smallest absolute Gasteiger partial charge is 0.338 e. The number of allylic oxidation sites excluding steroid dienone is 1. The molecule has 2 bridgehead atoms. The van der Waals surface area contributed by atoms with E-state index in [-0.39, 0.29) is 24.2 Å². The molecule has 3 fully saturated rings. The third-order valence-electron chi connectivity index (χ3n) is 12.2. The lowest BCUT2D eigenvalue weighted by atomic mass is 9.44. The van der Waals surface area contributed by atoms with Gasteiger partial charge >= 0.3 is 11.9 Å². The van der Waals surface area contributed by atoms with Crippen LogP contribution in [0.3, 0.4) is 0 Å². The highest BCUT2D eigenvalue weighted by Gasteiger charge is 2.80. The quantitative estimate of drug-likeness (QED) is 0.287. The Morgan fingerprint density at radius 3 is 2.17 bits per heavy atom. The Kier molecular flexibility index (Phi) is 9.00. The maximum atomic E-state index is 17.0. The first-order valence-corrected chi connectivity index (χ1v) is 19.1. The third kappa shape index (κ3) is 4.91. The standard InChI is InChI=1S/C35H48F2O9Si/c1-9-47(10-2,11-3)46-24-18-25-34(19-43-25,45-20(4)38)26-29(44-30(41)21-15-13-12-14-16-21)35(42)27(36)28(40)33(8,37)22(31(35,5)6)17-23(39)32(24,26)7/h12-17,24-29,40,42H,9-11,18-19H2,1-8H3/b22-17+/t24-,25+,26-,27-,28-,29-,32+,33-,34-,35+/m0/s1. The molecule has 0 aromatic heterocycles. The Morgan fingerprint density at radius 1 is 1.06 bits per heavy atom. The van der Waals surface area contributed by atoms with Gasteiger partial charge in [0.1, 0.15) is 23.9 Å². The third-order valence-corrected chi connectivity index (χ3v) is 16.9. The highest BCUT2D eigenvalue weighted by atomic mass is 28.4. The fourth-order valence-electron chi connectivity index (χ4n) is 8.99. The molecule has 1 heterocycles. The van der Waals surface area contributed by atoms with Crippen molar-refractivity contribution in [2.75, 3.05) is 6.61 Å². The summed E-state index contributed by atoms with van der Waals surface area (Å²) in [7, 11) is -2.50. The van der Waals surface area contributed by atoms with E-state index in [0.717, 1.165) is 31.1 Å². The molecule has 2 N–H and O–H groups in total. The number of fused-ring (bicyclic) bond motifs is 5. The summed E-state index contributed by atoms with van der Waals surface area (Å²) in [6, 6.07) is 10.0. The Bertz CT molecular complexity index is 1440. The minimum Gasteiger partial charge on any atom is -0.455 e. The fourth-order valence-corrected chi connectivity index (χ4v) is 11.9.